The smallest absolute Gasteiger partial charge is 0.245 e. The highest BCUT2D eigenvalue weighted by atomic mass is 32.2. The van der Waals surface area contributed by atoms with Crippen LogP contribution in [-0.2, 0) is 16.6 Å². The number of hydrogen-bond acceptors (Lipinski definition) is 4. The van der Waals surface area contributed by atoms with Gasteiger partial charge in [0.05, 0.1) is 0 Å². The molecular weight excluding hydrogens is 269 g/mol. The summed E-state index contributed by atoms with van der Waals surface area (Å²) < 4.78 is 39.4. The summed E-state index contributed by atoms with van der Waals surface area (Å²) in [4.78, 5) is 1.55. The monoisotopic (exact) mass is 289 g/mol. The minimum atomic E-state index is -3.80. The summed E-state index contributed by atoms with van der Waals surface area (Å²) in [6, 6.07) is 3.95. The average Bonchev–Trinajstić information content (AvgIpc) is 2.35. The molecule has 0 fully saturated rings. The Balaban J connectivity index is 2.99. The molecule has 1 aromatic rings. The molecule has 0 aliphatic carbocycles. The number of sulfonamides is 1. The molecule has 0 radical (unpaired) electrons. The lowest BCUT2D eigenvalue weighted by Gasteiger charge is -2.19. The van der Waals surface area contributed by atoms with Gasteiger partial charge in [0.1, 0.15) is 10.7 Å². The molecule has 0 saturated heterocycles. The maximum atomic E-state index is 13.8. The molecular formula is C12H20FN3O2S. The molecule has 5 nitrogen and oxygen atoms in total. The van der Waals surface area contributed by atoms with Crippen LogP contribution >= 0.6 is 0 Å². The van der Waals surface area contributed by atoms with Gasteiger partial charge in [-0.2, -0.15) is 4.31 Å². The maximum Gasteiger partial charge on any atom is 0.245 e. The van der Waals surface area contributed by atoms with E-state index in [4.69, 9.17) is 5.73 Å². The fourth-order valence-electron chi connectivity index (χ4n) is 1.51. The van der Waals surface area contributed by atoms with E-state index in [1.165, 1.54) is 19.2 Å². The van der Waals surface area contributed by atoms with Crippen molar-refractivity contribution in [3.8, 4) is 0 Å². The van der Waals surface area contributed by atoms with E-state index >= 15 is 0 Å². The van der Waals surface area contributed by atoms with Crippen LogP contribution in [0.2, 0.25) is 0 Å². The van der Waals surface area contributed by atoms with Gasteiger partial charge in [0.2, 0.25) is 10.0 Å². The standard InChI is InChI=1S/C12H20FN3O2S/c1-15(2)6-7-16(3)19(17,18)12-5-4-10(9-14)8-11(12)13/h4-5,8H,6-7,9,14H2,1-3H3. The number of nitrogens with zero attached hydrogens (tertiary/aromatic N) is 2. The van der Waals surface area contributed by atoms with Crippen LogP contribution in [0.25, 0.3) is 0 Å². The molecule has 1 rings (SSSR count). The number of benzene rings is 1. The Hall–Kier alpha value is -1.02. The Morgan fingerprint density at radius 1 is 1.21 bits per heavy atom. The van der Waals surface area contributed by atoms with Gasteiger partial charge in [-0.15, -0.1) is 0 Å². The lowest BCUT2D eigenvalue weighted by atomic mass is 10.2. The lowest BCUT2D eigenvalue weighted by Crippen LogP contribution is -2.34. The Morgan fingerprint density at radius 3 is 2.32 bits per heavy atom. The SMILES string of the molecule is CN(C)CCN(C)S(=O)(=O)c1ccc(CN)cc1F. The van der Waals surface area contributed by atoms with Crippen molar-refractivity contribution in [2.24, 2.45) is 5.73 Å². The van der Waals surface area contributed by atoms with Crippen molar-refractivity contribution in [1.29, 1.82) is 0 Å². The third-order valence-corrected chi connectivity index (χ3v) is 4.67. The zero-order chi connectivity index (χ0) is 14.6. The molecule has 1 aromatic carbocycles. The molecule has 19 heavy (non-hydrogen) atoms. The van der Waals surface area contributed by atoms with Crippen LogP contribution in [-0.4, -0.2) is 51.9 Å². The molecule has 0 heterocycles. The number of hydrogen-bond donors (Lipinski definition) is 1. The fraction of sp³-hybridized carbons (Fsp3) is 0.500. The number of nitrogens with two attached hydrogens (primary N) is 1. The van der Waals surface area contributed by atoms with E-state index in [1.807, 2.05) is 19.0 Å². The van der Waals surface area contributed by atoms with Crippen LogP contribution in [0.5, 0.6) is 0 Å². The summed E-state index contributed by atoms with van der Waals surface area (Å²) in [5.74, 6) is -0.764. The molecule has 0 aromatic heterocycles. The summed E-state index contributed by atoms with van der Waals surface area (Å²) in [6.45, 7) is 1.04. The summed E-state index contributed by atoms with van der Waals surface area (Å²) in [6.07, 6.45) is 0. The molecule has 108 valence electrons. The predicted octanol–water partition coefficient (Wildman–Crippen LogP) is 0.466. The van der Waals surface area contributed by atoms with E-state index in [-0.39, 0.29) is 11.4 Å². The molecule has 0 amide bonds. The zero-order valence-corrected chi connectivity index (χ0v) is 12.2. The second-order valence-corrected chi connectivity index (χ2v) is 6.61. The zero-order valence-electron chi connectivity index (χ0n) is 11.4. The summed E-state index contributed by atoms with van der Waals surface area (Å²) in [7, 11) is 1.33. The van der Waals surface area contributed by atoms with Gasteiger partial charge in [-0.1, -0.05) is 6.07 Å². The largest absolute Gasteiger partial charge is 0.326 e. The molecule has 0 unspecified atom stereocenters. The maximum absolute atomic E-state index is 13.8. The molecule has 0 bridgehead atoms. The highest BCUT2D eigenvalue weighted by molar-refractivity contribution is 7.89. The second-order valence-electron chi connectivity index (χ2n) is 4.60. The van der Waals surface area contributed by atoms with E-state index in [1.54, 1.807) is 0 Å². The first-order valence-corrected chi connectivity index (χ1v) is 7.32. The predicted molar refractivity (Wildman–Crippen MR) is 72.7 cm³/mol. The Bertz CT molecular complexity index is 532. The van der Waals surface area contributed by atoms with Crippen LogP contribution in [0.3, 0.4) is 0 Å². The number of rotatable bonds is 6. The van der Waals surface area contributed by atoms with Gasteiger partial charge < -0.3 is 10.6 Å². The highest BCUT2D eigenvalue weighted by Crippen LogP contribution is 2.19. The average molecular weight is 289 g/mol. The molecule has 0 aliphatic rings. The van der Waals surface area contributed by atoms with Gasteiger partial charge in [0.25, 0.3) is 0 Å². The van der Waals surface area contributed by atoms with Crippen LogP contribution in [0.4, 0.5) is 4.39 Å². The molecule has 2 N–H and O–H groups in total. The Labute approximate surface area is 113 Å². The van der Waals surface area contributed by atoms with Crippen molar-refractivity contribution in [3.63, 3.8) is 0 Å². The van der Waals surface area contributed by atoms with E-state index in [9.17, 15) is 12.8 Å². The second kappa shape index (κ2) is 6.42. The molecule has 0 saturated carbocycles. The van der Waals surface area contributed by atoms with Crippen molar-refractivity contribution in [1.82, 2.24) is 9.21 Å². The van der Waals surface area contributed by atoms with Crippen molar-refractivity contribution in [2.45, 2.75) is 11.4 Å². The van der Waals surface area contributed by atoms with E-state index in [2.05, 4.69) is 0 Å². The molecule has 0 spiro atoms. The van der Waals surface area contributed by atoms with Gasteiger partial charge in [-0.3, -0.25) is 0 Å². The highest BCUT2D eigenvalue weighted by Gasteiger charge is 2.24. The normalized spacial score (nSPS) is 12.4. The number of halogens is 1. The third kappa shape index (κ3) is 3.97. The Morgan fingerprint density at radius 2 is 1.84 bits per heavy atom. The van der Waals surface area contributed by atoms with Gasteiger partial charge in [0.15, 0.2) is 0 Å². The third-order valence-electron chi connectivity index (χ3n) is 2.78. The quantitative estimate of drug-likeness (QED) is 0.826. The van der Waals surface area contributed by atoms with Gasteiger partial charge in [-0.25, -0.2) is 12.8 Å². The van der Waals surface area contributed by atoms with Gasteiger partial charge in [0, 0.05) is 26.7 Å². The van der Waals surface area contributed by atoms with Crippen LogP contribution in [0.15, 0.2) is 23.1 Å². The van der Waals surface area contributed by atoms with E-state index in [0.29, 0.717) is 18.7 Å². The Kier molecular flexibility index (Phi) is 5.42. The molecule has 0 aliphatic heterocycles. The minimum Gasteiger partial charge on any atom is -0.326 e. The van der Waals surface area contributed by atoms with Crippen molar-refractivity contribution >= 4 is 10.0 Å². The van der Waals surface area contributed by atoms with Crippen molar-refractivity contribution in [3.05, 3.63) is 29.6 Å². The molecule has 7 heteroatoms. The van der Waals surface area contributed by atoms with E-state index < -0.39 is 15.8 Å². The minimum absolute atomic E-state index is 0.174. The summed E-state index contributed by atoms with van der Waals surface area (Å²) in [5, 5.41) is 0. The van der Waals surface area contributed by atoms with Crippen LogP contribution in [0, 0.1) is 5.82 Å². The van der Waals surface area contributed by atoms with Crippen LogP contribution in [0.1, 0.15) is 5.56 Å². The summed E-state index contributed by atoms with van der Waals surface area (Å²) >= 11 is 0. The van der Waals surface area contributed by atoms with Crippen LogP contribution < -0.4 is 5.73 Å². The first-order valence-electron chi connectivity index (χ1n) is 5.88. The first-order chi connectivity index (χ1) is 8.78. The molecule has 0 atom stereocenters. The van der Waals surface area contributed by atoms with Crippen molar-refractivity contribution in [2.75, 3.05) is 34.2 Å². The van der Waals surface area contributed by atoms with Crippen molar-refractivity contribution < 1.29 is 12.8 Å². The number of likely N-dealkylation sites (N-methyl/N-ethyl adjacent to an activating group) is 2. The van der Waals surface area contributed by atoms with Gasteiger partial charge >= 0.3 is 0 Å². The summed E-state index contributed by atoms with van der Waals surface area (Å²) in [5.41, 5.74) is 5.95. The fourth-order valence-corrected chi connectivity index (χ4v) is 2.71. The first kappa shape index (κ1) is 16.0. The topological polar surface area (TPSA) is 66.6 Å². The van der Waals surface area contributed by atoms with Gasteiger partial charge in [-0.05, 0) is 31.8 Å². The lowest BCUT2D eigenvalue weighted by molar-refractivity contribution is 0.357. The van der Waals surface area contributed by atoms with E-state index in [0.717, 1.165) is 10.4 Å².